The van der Waals surface area contributed by atoms with Gasteiger partial charge in [0.2, 0.25) is 0 Å². The minimum atomic E-state index is -0.368. The highest BCUT2D eigenvalue weighted by atomic mass is 35.5. The lowest BCUT2D eigenvalue weighted by Crippen LogP contribution is -2.07. The van der Waals surface area contributed by atoms with Crippen molar-refractivity contribution >= 4 is 23.2 Å². The SMILES string of the molecule is CC(O)CCOc1cccc(Cl)c1Cl. The zero-order chi connectivity index (χ0) is 10.6. The first kappa shape index (κ1) is 11.6. The molecule has 0 aliphatic rings. The maximum atomic E-state index is 9.02. The van der Waals surface area contributed by atoms with Crippen molar-refractivity contribution in [1.82, 2.24) is 0 Å². The zero-order valence-electron chi connectivity index (χ0n) is 7.84. The maximum Gasteiger partial charge on any atom is 0.139 e. The van der Waals surface area contributed by atoms with Gasteiger partial charge in [0, 0.05) is 6.42 Å². The molecule has 0 heterocycles. The van der Waals surface area contributed by atoms with Crippen LogP contribution in [0.15, 0.2) is 18.2 Å². The van der Waals surface area contributed by atoms with Crippen LogP contribution in [0.4, 0.5) is 0 Å². The van der Waals surface area contributed by atoms with Gasteiger partial charge in [-0.1, -0.05) is 29.3 Å². The highest BCUT2D eigenvalue weighted by molar-refractivity contribution is 6.42. The van der Waals surface area contributed by atoms with Gasteiger partial charge in [0.1, 0.15) is 10.8 Å². The average molecular weight is 235 g/mol. The molecule has 1 aromatic rings. The molecule has 0 saturated heterocycles. The van der Waals surface area contributed by atoms with Gasteiger partial charge in [-0.2, -0.15) is 0 Å². The summed E-state index contributed by atoms with van der Waals surface area (Å²) in [7, 11) is 0. The summed E-state index contributed by atoms with van der Waals surface area (Å²) < 4.78 is 5.35. The van der Waals surface area contributed by atoms with E-state index in [0.29, 0.717) is 28.8 Å². The van der Waals surface area contributed by atoms with Crippen LogP contribution in [0.5, 0.6) is 5.75 Å². The molecule has 0 radical (unpaired) electrons. The third-order valence-corrected chi connectivity index (χ3v) is 2.51. The minimum absolute atomic E-state index is 0.368. The Morgan fingerprint density at radius 3 is 2.79 bits per heavy atom. The van der Waals surface area contributed by atoms with Crippen molar-refractivity contribution in [3.63, 3.8) is 0 Å². The summed E-state index contributed by atoms with van der Waals surface area (Å²) in [5.74, 6) is 0.555. The van der Waals surface area contributed by atoms with Crippen LogP contribution in [0.3, 0.4) is 0 Å². The van der Waals surface area contributed by atoms with E-state index in [1.807, 2.05) is 0 Å². The Labute approximate surface area is 93.4 Å². The Morgan fingerprint density at radius 2 is 2.14 bits per heavy atom. The molecule has 78 valence electrons. The number of hydrogen-bond donors (Lipinski definition) is 1. The lowest BCUT2D eigenvalue weighted by molar-refractivity contribution is 0.155. The van der Waals surface area contributed by atoms with E-state index in [2.05, 4.69) is 0 Å². The molecule has 1 N–H and O–H groups in total. The summed E-state index contributed by atoms with van der Waals surface area (Å²) >= 11 is 11.7. The lowest BCUT2D eigenvalue weighted by atomic mass is 10.3. The number of aliphatic hydroxyl groups is 1. The van der Waals surface area contributed by atoms with E-state index in [1.54, 1.807) is 25.1 Å². The van der Waals surface area contributed by atoms with E-state index in [-0.39, 0.29) is 6.10 Å². The number of rotatable bonds is 4. The van der Waals surface area contributed by atoms with Crippen LogP contribution in [0.1, 0.15) is 13.3 Å². The highest BCUT2D eigenvalue weighted by Crippen LogP contribution is 2.31. The van der Waals surface area contributed by atoms with Crippen LogP contribution in [0, 0.1) is 0 Å². The predicted octanol–water partition coefficient (Wildman–Crippen LogP) is 3.14. The second-order valence-corrected chi connectivity index (χ2v) is 3.82. The summed E-state index contributed by atoms with van der Waals surface area (Å²) in [5.41, 5.74) is 0. The first-order valence-corrected chi connectivity index (χ1v) is 5.11. The van der Waals surface area contributed by atoms with Crippen LogP contribution < -0.4 is 4.74 Å². The van der Waals surface area contributed by atoms with Crippen molar-refractivity contribution in [1.29, 1.82) is 0 Å². The van der Waals surface area contributed by atoms with Gasteiger partial charge in [-0.05, 0) is 19.1 Å². The molecule has 0 saturated carbocycles. The molecule has 0 spiro atoms. The van der Waals surface area contributed by atoms with Crippen LogP contribution in [0.25, 0.3) is 0 Å². The molecule has 1 atom stereocenters. The summed E-state index contributed by atoms with van der Waals surface area (Å²) in [4.78, 5) is 0. The fourth-order valence-corrected chi connectivity index (χ4v) is 1.28. The number of aliphatic hydroxyl groups excluding tert-OH is 1. The topological polar surface area (TPSA) is 29.5 Å². The molecule has 1 unspecified atom stereocenters. The van der Waals surface area contributed by atoms with Gasteiger partial charge in [-0.15, -0.1) is 0 Å². The normalized spacial score (nSPS) is 12.6. The average Bonchev–Trinajstić information content (AvgIpc) is 2.12. The fraction of sp³-hybridized carbons (Fsp3) is 0.400. The Balaban J connectivity index is 2.54. The molecule has 0 amide bonds. The molecule has 0 aliphatic heterocycles. The van der Waals surface area contributed by atoms with Crippen molar-refractivity contribution in [2.75, 3.05) is 6.61 Å². The molecule has 4 heteroatoms. The molecule has 0 bridgehead atoms. The second kappa shape index (κ2) is 5.44. The lowest BCUT2D eigenvalue weighted by Gasteiger charge is -2.09. The van der Waals surface area contributed by atoms with Crippen LogP contribution in [-0.2, 0) is 0 Å². The largest absolute Gasteiger partial charge is 0.492 e. The number of halogens is 2. The molecule has 2 nitrogen and oxygen atoms in total. The maximum absolute atomic E-state index is 9.02. The van der Waals surface area contributed by atoms with Crippen molar-refractivity contribution in [3.8, 4) is 5.75 Å². The Morgan fingerprint density at radius 1 is 1.43 bits per heavy atom. The van der Waals surface area contributed by atoms with Gasteiger partial charge in [-0.3, -0.25) is 0 Å². The second-order valence-electron chi connectivity index (χ2n) is 3.04. The minimum Gasteiger partial charge on any atom is -0.492 e. The highest BCUT2D eigenvalue weighted by Gasteiger charge is 2.05. The molecule has 14 heavy (non-hydrogen) atoms. The quantitative estimate of drug-likeness (QED) is 0.868. The van der Waals surface area contributed by atoms with E-state index in [9.17, 15) is 0 Å². The van der Waals surface area contributed by atoms with E-state index in [1.165, 1.54) is 0 Å². The van der Waals surface area contributed by atoms with Gasteiger partial charge < -0.3 is 9.84 Å². The third-order valence-electron chi connectivity index (χ3n) is 1.71. The Bertz CT molecular complexity index is 300. The Hall–Kier alpha value is -0.440. The monoisotopic (exact) mass is 234 g/mol. The standard InChI is InChI=1S/C10H12Cl2O2/c1-7(13)5-6-14-9-4-2-3-8(11)10(9)12/h2-4,7,13H,5-6H2,1H3. The van der Waals surface area contributed by atoms with Gasteiger partial charge in [0.25, 0.3) is 0 Å². The van der Waals surface area contributed by atoms with E-state index in [0.717, 1.165) is 0 Å². The molecule has 1 aromatic carbocycles. The van der Waals surface area contributed by atoms with E-state index < -0.39 is 0 Å². The smallest absolute Gasteiger partial charge is 0.139 e. The van der Waals surface area contributed by atoms with Crippen LogP contribution in [0.2, 0.25) is 10.0 Å². The van der Waals surface area contributed by atoms with Crippen molar-refractivity contribution in [2.24, 2.45) is 0 Å². The molecule has 0 aromatic heterocycles. The van der Waals surface area contributed by atoms with Gasteiger partial charge in [-0.25, -0.2) is 0 Å². The molecule has 0 fully saturated rings. The summed E-state index contributed by atoms with van der Waals surface area (Å²) in [6.45, 7) is 2.14. The fourth-order valence-electron chi connectivity index (χ4n) is 0.935. The van der Waals surface area contributed by atoms with Gasteiger partial charge in [0.05, 0.1) is 17.7 Å². The van der Waals surface area contributed by atoms with Gasteiger partial charge in [0.15, 0.2) is 0 Å². The van der Waals surface area contributed by atoms with E-state index in [4.69, 9.17) is 33.0 Å². The van der Waals surface area contributed by atoms with Crippen LogP contribution in [-0.4, -0.2) is 17.8 Å². The first-order chi connectivity index (χ1) is 6.61. The molecule has 1 rings (SSSR count). The van der Waals surface area contributed by atoms with Crippen LogP contribution >= 0.6 is 23.2 Å². The molecular formula is C10H12Cl2O2. The van der Waals surface area contributed by atoms with Crippen molar-refractivity contribution in [3.05, 3.63) is 28.2 Å². The zero-order valence-corrected chi connectivity index (χ0v) is 9.35. The number of hydrogen-bond acceptors (Lipinski definition) is 2. The molecular weight excluding hydrogens is 223 g/mol. The number of ether oxygens (including phenoxy) is 1. The summed E-state index contributed by atoms with van der Waals surface area (Å²) in [5, 5.41) is 9.91. The third kappa shape index (κ3) is 3.37. The summed E-state index contributed by atoms with van der Waals surface area (Å²) in [6, 6.07) is 5.22. The summed E-state index contributed by atoms with van der Waals surface area (Å²) in [6.07, 6.45) is 0.205. The van der Waals surface area contributed by atoms with Gasteiger partial charge >= 0.3 is 0 Å². The Kier molecular flexibility index (Phi) is 4.52. The molecule has 0 aliphatic carbocycles. The van der Waals surface area contributed by atoms with Crippen molar-refractivity contribution in [2.45, 2.75) is 19.4 Å². The first-order valence-electron chi connectivity index (χ1n) is 4.36. The van der Waals surface area contributed by atoms with Crippen molar-refractivity contribution < 1.29 is 9.84 Å². The predicted molar refractivity (Wildman–Crippen MR) is 58.3 cm³/mol. The van der Waals surface area contributed by atoms with E-state index >= 15 is 0 Å². The number of benzene rings is 1.